The molecular weight excluding hydrogens is 308 g/mol. The van der Waals surface area contributed by atoms with E-state index in [0.717, 1.165) is 19.2 Å². The topological polar surface area (TPSA) is 139 Å². The number of methoxy groups -OCH3 is 1. The first-order valence-electron chi connectivity index (χ1n) is 6.20. The summed E-state index contributed by atoms with van der Waals surface area (Å²) in [6.45, 7) is 0. The Morgan fingerprint density at radius 3 is 2.39 bits per heavy atom. The Hall–Kier alpha value is -3.63. The fourth-order valence-electron chi connectivity index (χ4n) is 2.15. The zero-order valence-electron chi connectivity index (χ0n) is 11.6. The van der Waals surface area contributed by atoms with E-state index in [9.17, 15) is 20.2 Å². The molecule has 0 unspecified atom stereocenters. The lowest BCUT2D eigenvalue weighted by Crippen LogP contribution is -2.00. The first kappa shape index (κ1) is 14.3. The number of fused-ring (bicyclic) bond motifs is 1. The van der Waals surface area contributed by atoms with E-state index in [0.29, 0.717) is 5.65 Å². The largest absolute Gasteiger partial charge is 0.485 e. The second-order valence-corrected chi connectivity index (χ2v) is 4.39. The van der Waals surface area contributed by atoms with Crippen LogP contribution in [0.15, 0.2) is 30.6 Å². The molecule has 0 atom stereocenters. The Bertz CT molecular complexity index is 902. The van der Waals surface area contributed by atoms with E-state index < -0.39 is 27.0 Å². The van der Waals surface area contributed by atoms with Crippen LogP contribution in [0.3, 0.4) is 0 Å². The summed E-state index contributed by atoms with van der Waals surface area (Å²) in [5, 5.41) is 30.1. The molecule has 0 aliphatic heterocycles. The maximum absolute atomic E-state index is 11.2. The van der Waals surface area contributed by atoms with Crippen LogP contribution in [0.2, 0.25) is 0 Å². The second kappa shape index (κ2) is 5.29. The third kappa shape index (κ3) is 2.29. The van der Waals surface area contributed by atoms with Crippen molar-refractivity contribution < 1.29 is 14.6 Å². The molecule has 11 nitrogen and oxygen atoms in total. The molecular formula is C12H8N6O5. The van der Waals surface area contributed by atoms with E-state index in [1.165, 1.54) is 10.7 Å². The molecule has 116 valence electrons. The summed E-state index contributed by atoms with van der Waals surface area (Å²) in [5.41, 5.74) is -0.402. The van der Waals surface area contributed by atoms with Crippen molar-refractivity contribution in [2.75, 3.05) is 7.11 Å². The lowest BCUT2D eigenvalue weighted by molar-refractivity contribution is -0.395. The van der Waals surface area contributed by atoms with Crippen molar-refractivity contribution in [1.29, 1.82) is 0 Å². The van der Waals surface area contributed by atoms with Gasteiger partial charge in [-0.2, -0.15) is 0 Å². The molecule has 0 fully saturated rings. The molecule has 3 rings (SSSR count). The zero-order valence-corrected chi connectivity index (χ0v) is 11.6. The Balaban J connectivity index is 2.32. The van der Waals surface area contributed by atoms with Crippen LogP contribution >= 0.6 is 0 Å². The summed E-state index contributed by atoms with van der Waals surface area (Å²) in [6, 6.07) is 3.92. The summed E-state index contributed by atoms with van der Waals surface area (Å²) >= 11 is 0. The monoisotopic (exact) mass is 316 g/mol. The summed E-state index contributed by atoms with van der Waals surface area (Å²) < 4.78 is 6.18. The van der Waals surface area contributed by atoms with Gasteiger partial charge in [-0.15, -0.1) is 5.10 Å². The van der Waals surface area contributed by atoms with Gasteiger partial charge < -0.3 is 4.74 Å². The Labute approximate surface area is 127 Å². The molecule has 23 heavy (non-hydrogen) atoms. The van der Waals surface area contributed by atoms with Crippen LogP contribution in [-0.4, -0.2) is 36.8 Å². The molecule has 0 bridgehead atoms. The summed E-state index contributed by atoms with van der Waals surface area (Å²) in [4.78, 5) is 24.9. The molecule has 2 aromatic heterocycles. The van der Waals surface area contributed by atoms with Crippen molar-refractivity contribution in [2.45, 2.75) is 0 Å². The van der Waals surface area contributed by atoms with E-state index in [-0.39, 0.29) is 11.3 Å². The van der Waals surface area contributed by atoms with Gasteiger partial charge in [0, 0.05) is 30.1 Å². The summed E-state index contributed by atoms with van der Waals surface area (Å²) in [6.07, 6.45) is 3.08. The number of nitro benzene ring substituents is 2. The Kier molecular flexibility index (Phi) is 3.29. The van der Waals surface area contributed by atoms with Crippen LogP contribution in [0, 0.1) is 20.2 Å². The first-order chi connectivity index (χ1) is 11.0. The Morgan fingerprint density at radius 1 is 1.17 bits per heavy atom. The third-order valence-corrected chi connectivity index (χ3v) is 3.10. The average molecular weight is 316 g/mol. The summed E-state index contributed by atoms with van der Waals surface area (Å²) in [7, 11) is 1.13. The van der Waals surface area contributed by atoms with E-state index in [4.69, 9.17) is 4.74 Å². The Morgan fingerprint density at radius 2 is 1.83 bits per heavy atom. The minimum Gasteiger partial charge on any atom is -0.485 e. The van der Waals surface area contributed by atoms with Crippen molar-refractivity contribution in [3.63, 3.8) is 0 Å². The molecule has 0 saturated heterocycles. The average Bonchev–Trinajstić information content (AvgIpc) is 2.97. The van der Waals surface area contributed by atoms with Gasteiger partial charge in [-0.3, -0.25) is 20.2 Å². The van der Waals surface area contributed by atoms with Crippen molar-refractivity contribution in [2.24, 2.45) is 0 Å². The fraction of sp³-hybridized carbons (Fsp3) is 0.0833. The SMILES string of the molecule is COc1c([N+](=O)[O-])cc(-c2nnn3cccnc23)cc1[N+](=O)[O-]. The predicted octanol–water partition coefficient (Wildman–Crippen LogP) is 1.62. The van der Waals surface area contributed by atoms with Crippen LogP contribution in [0.4, 0.5) is 11.4 Å². The molecule has 3 aromatic rings. The van der Waals surface area contributed by atoms with Crippen molar-refractivity contribution in [3.8, 4) is 17.0 Å². The number of hydrogen-bond donors (Lipinski definition) is 0. The van der Waals surface area contributed by atoms with E-state index in [1.54, 1.807) is 12.3 Å². The normalized spacial score (nSPS) is 10.7. The highest BCUT2D eigenvalue weighted by Gasteiger charge is 2.29. The van der Waals surface area contributed by atoms with Crippen molar-refractivity contribution in [3.05, 3.63) is 50.8 Å². The van der Waals surface area contributed by atoms with Crippen molar-refractivity contribution in [1.82, 2.24) is 19.8 Å². The van der Waals surface area contributed by atoms with Crippen LogP contribution in [0.25, 0.3) is 16.9 Å². The van der Waals surface area contributed by atoms with Gasteiger partial charge >= 0.3 is 11.4 Å². The molecule has 0 saturated carbocycles. The van der Waals surface area contributed by atoms with Crippen LogP contribution in [-0.2, 0) is 0 Å². The van der Waals surface area contributed by atoms with Gasteiger partial charge in [0.05, 0.1) is 17.0 Å². The third-order valence-electron chi connectivity index (χ3n) is 3.10. The first-order valence-corrected chi connectivity index (χ1v) is 6.20. The molecule has 0 aliphatic carbocycles. The zero-order chi connectivity index (χ0) is 16.6. The predicted molar refractivity (Wildman–Crippen MR) is 76.1 cm³/mol. The minimum atomic E-state index is -0.755. The van der Waals surface area contributed by atoms with E-state index in [1.807, 2.05) is 0 Å². The second-order valence-electron chi connectivity index (χ2n) is 4.39. The highest BCUT2D eigenvalue weighted by atomic mass is 16.6. The van der Waals surface area contributed by atoms with Gasteiger partial charge in [-0.25, -0.2) is 9.50 Å². The fourth-order valence-corrected chi connectivity index (χ4v) is 2.15. The van der Waals surface area contributed by atoms with Gasteiger partial charge in [-0.1, -0.05) is 5.21 Å². The number of hydrogen-bond acceptors (Lipinski definition) is 8. The van der Waals surface area contributed by atoms with Gasteiger partial charge in [-0.05, 0) is 6.07 Å². The molecule has 0 N–H and O–H groups in total. The van der Waals surface area contributed by atoms with Crippen molar-refractivity contribution >= 4 is 17.0 Å². The number of nitrogens with zero attached hydrogens (tertiary/aromatic N) is 6. The number of benzene rings is 1. The van der Waals surface area contributed by atoms with Crippen LogP contribution < -0.4 is 4.74 Å². The van der Waals surface area contributed by atoms with E-state index >= 15 is 0 Å². The minimum absolute atomic E-state index is 0.151. The molecule has 0 aliphatic rings. The molecule has 0 radical (unpaired) electrons. The quantitative estimate of drug-likeness (QED) is 0.522. The summed E-state index contributed by atoms with van der Waals surface area (Å²) in [5.74, 6) is -0.423. The highest BCUT2D eigenvalue weighted by molar-refractivity contribution is 5.79. The van der Waals surface area contributed by atoms with Gasteiger partial charge in [0.15, 0.2) is 5.65 Å². The molecule has 0 spiro atoms. The van der Waals surface area contributed by atoms with E-state index in [2.05, 4.69) is 15.3 Å². The van der Waals surface area contributed by atoms with Crippen LogP contribution in [0.1, 0.15) is 0 Å². The van der Waals surface area contributed by atoms with Crippen LogP contribution in [0.5, 0.6) is 5.75 Å². The molecule has 11 heteroatoms. The maximum atomic E-state index is 11.2. The van der Waals surface area contributed by atoms with Gasteiger partial charge in [0.2, 0.25) is 0 Å². The lowest BCUT2D eigenvalue weighted by Gasteiger charge is -2.05. The maximum Gasteiger partial charge on any atom is 0.318 e. The molecule has 0 amide bonds. The number of aromatic nitrogens is 4. The molecule has 2 heterocycles. The number of nitro groups is 2. The van der Waals surface area contributed by atoms with Gasteiger partial charge in [0.25, 0.3) is 5.75 Å². The number of rotatable bonds is 4. The van der Waals surface area contributed by atoms with Gasteiger partial charge in [0.1, 0.15) is 5.69 Å². The highest BCUT2D eigenvalue weighted by Crippen LogP contribution is 2.40. The number of ether oxygens (including phenoxy) is 1. The molecule has 1 aromatic carbocycles. The smallest absolute Gasteiger partial charge is 0.318 e. The lowest BCUT2D eigenvalue weighted by atomic mass is 10.1. The standard InChI is InChI=1S/C12H8N6O5/c1-23-11-8(17(19)20)5-7(6-9(11)18(21)22)10-12-13-3-2-4-16(12)15-14-10/h2-6H,1H3.